The summed E-state index contributed by atoms with van der Waals surface area (Å²) in [6.45, 7) is 0. The summed E-state index contributed by atoms with van der Waals surface area (Å²) in [6.07, 6.45) is 12.7. The van der Waals surface area contributed by atoms with Crippen LogP contribution in [0.1, 0.15) is 12.5 Å². The average Bonchev–Trinajstić information content (AvgIpc) is 2.57. The van der Waals surface area contributed by atoms with Crippen LogP contribution < -0.4 is 10.7 Å². The molecule has 22 heavy (non-hydrogen) atoms. The third kappa shape index (κ3) is 3.58. The molecule has 1 aromatic heterocycles. The minimum atomic E-state index is -0.414. The minimum Gasteiger partial charge on any atom is -0.306 e. The van der Waals surface area contributed by atoms with E-state index < -0.39 is 6.03 Å². The molecule has 1 aliphatic rings. The number of carbonyl (C=O) groups is 1. The van der Waals surface area contributed by atoms with Gasteiger partial charge in [-0.2, -0.15) is 10.1 Å². The smallest absolute Gasteiger partial charge is 0.306 e. The Morgan fingerprint density at radius 2 is 1.95 bits per heavy atom. The molecule has 0 unspecified atom stereocenters. The molecule has 0 radical (unpaired) electrons. The van der Waals surface area contributed by atoms with Crippen molar-refractivity contribution in [2.24, 2.45) is 4.99 Å². The van der Waals surface area contributed by atoms with Gasteiger partial charge in [0.1, 0.15) is 0 Å². The molecule has 5 nitrogen and oxygen atoms in total. The molecular formula is C17H16N4O. The van der Waals surface area contributed by atoms with E-state index in [1.165, 1.54) is 0 Å². The first-order valence-electron chi connectivity index (χ1n) is 7.10. The Bertz CT molecular complexity index is 742. The highest BCUT2D eigenvalue weighted by Gasteiger charge is 2.04. The van der Waals surface area contributed by atoms with Gasteiger partial charge >= 0.3 is 6.03 Å². The second-order valence-electron chi connectivity index (χ2n) is 4.86. The largest absolute Gasteiger partial charge is 0.345 e. The van der Waals surface area contributed by atoms with Gasteiger partial charge in [0.05, 0.1) is 17.6 Å². The SMILES string of the molecule is O=C(N=c1ccn(C2C=CCC=C2)nc1)Nc1ccccc1. The Morgan fingerprint density at radius 1 is 1.18 bits per heavy atom. The van der Waals surface area contributed by atoms with Crippen molar-refractivity contribution in [3.05, 3.63) is 78.5 Å². The van der Waals surface area contributed by atoms with Gasteiger partial charge in [0.15, 0.2) is 0 Å². The summed E-state index contributed by atoms with van der Waals surface area (Å²) in [5.41, 5.74) is 0.715. The number of allylic oxidation sites excluding steroid dienone is 4. The molecule has 0 atom stereocenters. The summed E-state index contributed by atoms with van der Waals surface area (Å²) in [6, 6.07) is 10.7. The normalized spacial score (nSPS) is 15.0. The lowest BCUT2D eigenvalue weighted by Gasteiger charge is -2.13. The molecule has 1 aliphatic carbocycles. The van der Waals surface area contributed by atoms with Gasteiger partial charge in [-0.05, 0) is 24.6 Å². The van der Waals surface area contributed by atoms with Crippen molar-refractivity contribution in [3.8, 4) is 0 Å². The van der Waals surface area contributed by atoms with Crippen LogP contribution in [0.5, 0.6) is 0 Å². The number of nitrogens with one attached hydrogen (secondary N) is 1. The number of anilines is 1. The monoisotopic (exact) mass is 292 g/mol. The summed E-state index contributed by atoms with van der Waals surface area (Å²) in [7, 11) is 0. The van der Waals surface area contributed by atoms with Crippen LogP contribution in [-0.4, -0.2) is 15.8 Å². The maximum atomic E-state index is 11.8. The second kappa shape index (κ2) is 6.67. The quantitative estimate of drug-likeness (QED) is 0.865. The van der Waals surface area contributed by atoms with Crippen molar-refractivity contribution in [1.29, 1.82) is 0 Å². The highest BCUT2D eigenvalue weighted by Crippen LogP contribution is 2.13. The molecule has 5 heteroatoms. The van der Waals surface area contributed by atoms with Crippen LogP contribution in [-0.2, 0) is 0 Å². The van der Waals surface area contributed by atoms with Crippen LogP contribution in [0.4, 0.5) is 10.5 Å². The molecule has 1 N–H and O–H groups in total. The summed E-state index contributed by atoms with van der Waals surface area (Å²) < 4.78 is 1.82. The highest BCUT2D eigenvalue weighted by molar-refractivity contribution is 5.89. The van der Waals surface area contributed by atoms with Crippen LogP contribution in [0.2, 0.25) is 0 Å². The van der Waals surface area contributed by atoms with Gasteiger partial charge in [0.2, 0.25) is 0 Å². The Labute approximate surface area is 128 Å². The Hall–Kier alpha value is -2.95. The van der Waals surface area contributed by atoms with Gasteiger partial charge < -0.3 is 5.32 Å². The van der Waals surface area contributed by atoms with Gasteiger partial charge in [-0.3, -0.25) is 4.68 Å². The average molecular weight is 292 g/mol. The molecule has 0 fully saturated rings. The van der Waals surface area contributed by atoms with E-state index in [9.17, 15) is 4.79 Å². The fourth-order valence-electron chi connectivity index (χ4n) is 2.15. The number of hydrogen-bond acceptors (Lipinski definition) is 2. The van der Waals surface area contributed by atoms with E-state index in [-0.39, 0.29) is 6.04 Å². The topological polar surface area (TPSA) is 59.3 Å². The molecule has 0 aliphatic heterocycles. The number of hydrogen-bond donors (Lipinski definition) is 1. The lowest BCUT2D eigenvalue weighted by Crippen LogP contribution is -2.16. The number of benzene rings is 1. The number of amides is 2. The minimum absolute atomic E-state index is 0.126. The fourth-order valence-corrected chi connectivity index (χ4v) is 2.15. The van der Waals surface area contributed by atoms with Crippen molar-refractivity contribution in [2.45, 2.75) is 12.5 Å². The van der Waals surface area contributed by atoms with Gasteiger partial charge in [0.25, 0.3) is 0 Å². The molecule has 2 amide bonds. The molecule has 110 valence electrons. The van der Waals surface area contributed by atoms with E-state index in [0.29, 0.717) is 11.0 Å². The molecule has 0 saturated heterocycles. The summed E-state index contributed by atoms with van der Waals surface area (Å²) in [4.78, 5) is 15.8. The van der Waals surface area contributed by atoms with E-state index in [4.69, 9.17) is 0 Å². The first-order valence-corrected chi connectivity index (χ1v) is 7.10. The molecule has 2 aromatic rings. The Balaban J connectivity index is 1.72. The standard InChI is InChI=1S/C17H16N4O/c22-17(19-14-7-3-1-4-8-14)20-15-11-12-21(18-13-15)16-9-5-2-6-10-16/h1,3-13,16H,2H2,(H,19,22). The van der Waals surface area contributed by atoms with Crippen molar-refractivity contribution in [3.63, 3.8) is 0 Å². The third-order valence-corrected chi connectivity index (χ3v) is 3.22. The molecule has 3 rings (SSSR count). The number of nitrogens with zero attached hydrogens (tertiary/aromatic N) is 3. The van der Waals surface area contributed by atoms with Crippen LogP contribution in [0, 0.1) is 0 Å². The van der Waals surface area contributed by atoms with Crippen LogP contribution in [0.3, 0.4) is 0 Å². The first kappa shape index (κ1) is 14.0. The molecule has 1 aromatic carbocycles. The highest BCUT2D eigenvalue weighted by atomic mass is 16.2. The van der Waals surface area contributed by atoms with E-state index in [1.54, 1.807) is 12.3 Å². The third-order valence-electron chi connectivity index (χ3n) is 3.22. The summed E-state index contributed by atoms with van der Waals surface area (Å²) in [5, 5.41) is 7.53. The molecular weight excluding hydrogens is 276 g/mol. The summed E-state index contributed by atoms with van der Waals surface area (Å²) in [5.74, 6) is 0. The van der Waals surface area contributed by atoms with Gasteiger partial charge in [-0.15, -0.1) is 0 Å². The maximum absolute atomic E-state index is 11.8. The molecule has 0 bridgehead atoms. The zero-order chi connectivity index (χ0) is 15.2. The lowest BCUT2D eigenvalue weighted by molar-refractivity contribution is 0.259. The second-order valence-corrected chi connectivity index (χ2v) is 4.86. The van der Waals surface area contributed by atoms with E-state index in [1.807, 2.05) is 41.2 Å². The zero-order valence-electron chi connectivity index (χ0n) is 12.0. The molecule has 0 saturated carbocycles. The van der Waals surface area contributed by atoms with Crippen molar-refractivity contribution < 1.29 is 4.79 Å². The molecule has 0 spiro atoms. The fraction of sp³-hybridized carbons (Fsp3) is 0.118. The predicted octanol–water partition coefficient (Wildman–Crippen LogP) is 3.07. The van der Waals surface area contributed by atoms with Crippen molar-refractivity contribution in [1.82, 2.24) is 9.78 Å². The van der Waals surface area contributed by atoms with Crippen molar-refractivity contribution in [2.75, 3.05) is 5.32 Å². The zero-order valence-corrected chi connectivity index (χ0v) is 12.0. The lowest BCUT2D eigenvalue weighted by atomic mass is 10.1. The number of rotatable bonds is 2. The number of carbonyl (C=O) groups excluding carboxylic acids is 1. The maximum Gasteiger partial charge on any atom is 0.345 e. The van der Waals surface area contributed by atoms with Crippen LogP contribution in [0.15, 0.2) is 78.1 Å². The Morgan fingerprint density at radius 3 is 2.64 bits per heavy atom. The summed E-state index contributed by atoms with van der Waals surface area (Å²) >= 11 is 0. The number of urea groups is 1. The van der Waals surface area contributed by atoms with Gasteiger partial charge in [-0.1, -0.05) is 42.5 Å². The van der Waals surface area contributed by atoms with Crippen LogP contribution in [0.25, 0.3) is 0 Å². The number of aromatic nitrogens is 2. The van der Waals surface area contributed by atoms with Crippen molar-refractivity contribution >= 4 is 11.7 Å². The van der Waals surface area contributed by atoms with E-state index in [2.05, 4.69) is 39.7 Å². The van der Waals surface area contributed by atoms with E-state index >= 15 is 0 Å². The Kier molecular flexibility index (Phi) is 4.25. The molecule has 1 heterocycles. The van der Waals surface area contributed by atoms with Gasteiger partial charge in [-0.25, -0.2) is 4.79 Å². The van der Waals surface area contributed by atoms with Gasteiger partial charge in [0, 0.05) is 11.9 Å². The number of para-hydroxylation sites is 1. The predicted molar refractivity (Wildman–Crippen MR) is 85.2 cm³/mol. The van der Waals surface area contributed by atoms with Crippen LogP contribution >= 0.6 is 0 Å². The first-order chi connectivity index (χ1) is 10.8. The van der Waals surface area contributed by atoms with E-state index in [0.717, 1.165) is 6.42 Å².